The molecule has 0 saturated carbocycles. The average Bonchev–Trinajstić information content (AvgIpc) is 1.96. The molecule has 0 aromatic rings. The van der Waals surface area contributed by atoms with E-state index < -0.39 is 0 Å². The van der Waals surface area contributed by atoms with Gasteiger partial charge in [0.2, 0.25) is 0 Å². The van der Waals surface area contributed by atoms with Gasteiger partial charge in [-0.3, -0.25) is 9.59 Å². The van der Waals surface area contributed by atoms with Crippen LogP contribution in [-0.4, -0.2) is 25.0 Å². The standard InChI is InChI=1S/C9H14O4/c1-7(10)6-8(2)12-4-5-13-9(3)11/h6H,4-5H2,1-3H3/b8-6-. The highest BCUT2D eigenvalue weighted by Gasteiger charge is 1.95. The molecule has 0 heterocycles. The van der Waals surface area contributed by atoms with Gasteiger partial charge < -0.3 is 9.47 Å². The van der Waals surface area contributed by atoms with Crippen LogP contribution in [0.4, 0.5) is 0 Å². The Balaban J connectivity index is 3.53. The highest BCUT2D eigenvalue weighted by molar-refractivity contribution is 5.87. The van der Waals surface area contributed by atoms with E-state index in [2.05, 4.69) is 4.74 Å². The van der Waals surface area contributed by atoms with Gasteiger partial charge in [0.05, 0.1) is 5.76 Å². The number of carbonyl (C=O) groups excluding carboxylic acids is 2. The minimum atomic E-state index is -0.336. The molecule has 0 saturated heterocycles. The van der Waals surface area contributed by atoms with Crippen LogP contribution in [0.3, 0.4) is 0 Å². The van der Waals surface area contributed by atoms with Crippen molar-refractivity contribution in [2.24, 2.45) is 0 Å². The lowest BCUT2D eigenvalue weighted by Gasteiger charge is -2.05. The third-order valence-electron chi connectivity index (χ3n) is 1.12. The van der Waals surface area contributed by atoms with Crippen molar-refractivity contribution < 1.29 is 19.1 Å². The molecule has 0 aliphatic carbocycles. The third kappa shape index (κ3) is 8.59. The Hall–Kier alpha value is -1.32. The Morgan fingerprint density at radius 3 is 2.08 bits per heavy atom. The van der Waals surface area contributed by atoms with E-state index in [0.717, 1.165) is 0 Å². The highest BCUT2D eigenvalue weighted by atomic mass is 16.6. The first kappa shape index (κ1) is 11.7. The van der Waals surface area contributed by atoms with Crippen molar-refractivity contribution in [2.45, 2.75) is 20.8 Å². The number of rotatable bonds is 5. The Morgan fingerprint density at radius 2 is 1.62 bits per heavy atom. The van der Waals surface area contributed by atoms with E-state index in [9.17, 15) is 9.59 Å². The molecule has 0 rings (SSSR count). The molecule has 4 heteroatoms. The molecule has 13 heavy (non-hydrogen) atoms. The van der Waals surface area contributed by atoms with Crippen LogP contribution < -0.4 is 0 Å². The summed E-state index contributed by atoms with van der Waals surface area (Å²) >= 11 is 0. The average molecular weight is 186 g/mol. The van der Waals surface area contributed by atoms with Crippen LogP contribution >= 0.6 is 0 Å². The molecular weight excluding hydrogens is 172 g/mol. The Morgan fingerprint density at radius 1 is 1.08 bits per heavy atom. The normalized spacial score (nSPS) is 10.8. The van der Waals surface area contributed by atoms with E-state index in [1.165, 1.54) is 19.9 Å². The maximum absolute atomic E-state index is 10.6. The van der Waals surface area contributed by atoms with E-state index in [0.29, 0.717) is 5.76 Å². The Labute approximate surface area is 77.5 Å². The second-order valence-electron chi connectivity index (χ2n) is 2.55. The van der Waals surface area contributed by atoms with Crippen molar-refractivity contribution in [3.8, 4) is 0 Å². The van der Waals surface area contributed by atoms with Gasteiger partial charge in [-0.05, 0) is 13.8 Å². The number of allylic oxidation sites excluding steroid dienone is 2. The molecule has 74 valence electrons. The summed E-state index contributed by atoms with van der Waals surface area (Å²) in [5.41, 5.74) is 0. The zero-order valence-corrected chi connectivity index (χ0v) is 8.12. The van der Waals surface area contributed by atoms with Crippen LogP contribution in [0.5, 0.6) is 0 Å². The molecule has 0 spiro atoms. The molecule has 0 bridgehead atoms. The van der Waals surface area contributed by atoms with Gasteiger partial charge in [0.15, 0.2) is 5.78 Å². The van der Waals surface area contributed by atoms with E-state index in [1.807, 2.05) is 0 Å². The van der Waals surface area contributed by atoms with E-state index in [1.54, 1.807) is 6.92 Å². The number of carbonyl (C=O) groups is 2. The quantitative estimate of drug-likeness (QED) is 0.279. The van der Waals surface area contributed by atoms with Crippen molar-refractivity contribution >= 4 is 11.8 Å². The lowest BCUT2D eigenvalue weighted by molar-refractivity contribution is -0.142. The fourth-order valence-corrected chi connectivity index (χ4v) is 0.716. The summed E-state index contributed by atoms with van der Waals surface area (Å²) in [7, 11) is 0. The maximum Gasteiger partial charge on any atom is 0.302 e. The molecular formula is C9H14O4. The van der Waals surface area contributed by atoms with E-state index in [4.69, 9.17) is 4.74 Å². The minimum absolute atomic E-state index is 0.0648. The second kappa shape index (κ2) is 6.22. The smallest absolute Gasteiger partial charge is 0.302 e. The molecule has 0 aliphatic rings. The van der Waals surface area contributed by atoms with Crippen LogP contribution in [0.15, 0.2) is 11.8 Å². The van der Waals surface area contributed by atoms with E-state index >= 15 is 0 Å². The summed E-state index contributed by atoms with van der Waals surface area (Å²) in [5.74, 6) is 0.126. The molecule has 4 nitrogen and oxygen atoms in total. The van der Waals surface area contributed by atoms with Crippen molar-refractivity contribution in [3.63, 3.8) is 0 Å². The SMILES string of the molecule is CC(=O)/C=C(/C)OCCOC(C)=O. The summed E-state index contributed by atoms with van der Waals surface area (Å²) in [6.45, 7) is 4.93. The molecule has 0 atom stereocenters. The predicted molar refractivity (Wildman–Crippen MR) is 47.0 cm³/mol. The predicted octanol–water partition coefficient (Wildman–Crippen LogP) is 1.06. The van der Waals surface area contributed by atoms with Crippen molar-refractivity contribution in [1.82, 2.24) is 0 Å². The number of ether oxygens (including phenoxy) is 2. The fourth-order valence-electron chi connectivity index (χ4n) is 0.716. The summed E-state index contributed by atoms with van der Waals surface area (Å²) < 4.78 is 9.69. The monoisotopic (exact) mass is 186 g/mol. The maximum atomic E-state index is 10.6. The topological polar surface area (TPSA) is 52.6 Å². The molecule has 0 unspecified atom stereocenters. The van der Waals surface area contributed by atoms with Gasteiger partial charge in [0.25, 0.3) is 0 Å². The molecule has 0 fully saturated rings. The largest absolute Gasteiger partial charge is 0.495 e. The third-order valence-corrected chi connectivity index (χ3v) is 1.12. The first-order valence-electron chi connectivity index (χ1n) is 3.97. The van der Waals surface area contributed by atoms with Crippen LogP contribution in [0, 0.1) is 0 Å². The van der Waals surface area contributed by atoms with Crippen LogP contribution in [-0.2, 0) is 19.1 Å². The number of esters is 1. The lowest BCUT2D eigenvalue weighted by atomic mass is 10.4. The summed E-state index contributed by atoms with van der Waals surface area (Å²) in [6, 6.07) is 0. The first-order chi connectivity index (χ1) is 6.02. The Bertz CT molecular complexity index is 218. The molecule has 0 radical (unpaired) electrons. The Kier molecular flexibility index (Phi) is 5.59. The molecule has 0 amide bonds. The van der Waals surface area contributed by atoms with Crippen LogP contribution in [0.1, 0.15) is 20.8 Å². The van der Waals surface area contributed by atoms with Gasteiger partial charge in [0.1, 0.15) is 13.2 Å². The minimum Gasteiger partial charge on any atom is -0.495 e. The summed E-state index contributed by atoms with van der Waals surface area (Å²) in [5, 5.41) is 0. The van der Waals surface area contributed by atoms with Gasteiger partial charge in [-0.2, -0.15) is 0 Å². The molecule has 0 aromatic heterocycles. The highest BCUT2D eigenvalue weighted by Crippen LogP contribution is 1.95. The number of ketones is 1. The van der Waals surface area contributed by atoms with Gasteiger partial charge in [-0.1, -0.05) is 0 Å². The zero-order chi connectivity index (χ0) is 10.3. The van der Waals surface area contributed by atoms with Crippen molar-refractivity contribution in [2.75, 3.05) is 13.2 Å². The van der Waals surface area contributed by atoms with Gasteiger partial charge in [-0.15, -0.1) is 0 Å². The lowest BCUT2D eigenvalue weighted by Crippen LogP contribution is -2.07. The molecule has 0 aromatic carbocycles. The van der Waals surface area contributed by atoms with E-state index in [-0.39, 0.29) is 25.0 Å². The summed E-state index contributed by atoms with van der Waals surface area (Å²) in [6.07, 6.45) is 1.38. The van der Waals surface area contributed by atoms with Crippen LogP contribution in [0.2, 0.25) is 0 Å². The number of hydrogen-bond acceptors (Lipinski definition) is 4. The van der Waals surface area contributed by atoms with Crippen molar-refractivity contribution in [1.29, 1.82) is 0 Å². The number of hydrogen-bond donors (Lipinski definition) is 0. The van der Waals surface area contributed by atoms with Gasteiger partial charge in [-0.25, -0.2) is 0 Å². The first-order valence-corrected chi connectivity index (χ1v) is 3.97. The van der Waals surface area contributed by atoms with Gasteiger partial charge in [0, 0.05) is 13.0 Å². The summed E-state index contributed by atoms with van der Waals surface area (Å²) in [4.78, 5) is 20.9. The van der Waals surface area contributed by atoms with Crippen molar-refractivity contribution in [3.05, 3.63) is 11.8 Å². The van der Waals surface area contributed by atoms with Crippen LogP contribution in [0.25, 0.3) is 0 Å². The fraction of sp³-hybridized carbons (Fsp3) is 0.556. The zero-order valence-electron chi connectivity index (χ0n) is 8.12. The second-order valence-corrected chi connectivity index (χ2v) is 2.55. The van der Waals surface area contributed by atoms with Gasteiger partial charge >= 0.3 is 5.97 Å². The molecule has 0 N–H and O–H groups in total. The molecule has 0 aliphatic heterocycles.